The lowest BCUT2D eigenvalue weighted by Crippen LogP contribution is -2.33. The molecular weight excluding hydrogens is 324 g/mol. The monoisotopic (exact) mass is 338 g/mol. The first kappa shape index (κ1) is 14.4. The maximum absolute atomic E-state index is 6.15. The second-order valence-electron chi connectivity index (χ2n) is 5.37. The standard InChI is InChI=1S/C19H15ClN2S/c20-15-7-4-6-14(12-15)17-13-18(19-10-5-11-23-19)22(21-17)16-8-2-1-3-9-16/h1-13,18,21H. The summed E-state index contributed by atoms with van der Waals surface area (Å²) in [7, 11) is 0. The summed E-state index contributed by atoms with van der Waals surface area (Å²) in [6, 6.07) is 22.7. The fourth-order valence-electron chi connectivity index (χ4n) is 2.77. The van der Waals surface area contributed by atoms with Crippen molar-refractivity contribution in [3.63, 3.8) is 0 Å². The third kappa shape index (κ3) is 2.85. The van der Waals surface area contributed by atoms with Crippen molar-refractivity contribution in [2.24, 2.45) is 0 Å². The predicted molar refractivity (Wildman–Crippen MR) is 98.5 cm³/mol. The van der Waals surface area contributed by atoms with Crippen molar-refractivity contribution in [3.8, 4) is 0 Å². The molecule has 1 aliphatic heterocycles. The minimum absolute atomic E-state index is 0.173. The van der Waals surface area contributed by atoms with Crippen LogP contribution in [-0.4, -0.2) is 0 Å². The van der Waals surface area contributed by atoms with Crippen molar-refractivity contribution in [1.82, 2.24) is 5.43 Å². The van der Waals surface area contributed by atoms with Crippen LogP contribution in [0.2, 0.25) is 5.02 Å². The van der Waals surface area contributed by atoms with E-state index in [1.54, 1.807) is 11.3 Å². The average Bonchev–Trinajstić information content (AvgIpc) is 3.25. The molecule has 1 N–H and O–H groups in total. The van der Waals surface area contributed by atoms with Crippen molar-refractivity contribution in [2.45, 2.75) is 6.04 Å². The second kappa shape index (κ2) is 6.11. The molecule has 3 aromatic rings. The highest BCUT2D eigenvalue weighted by molar-refractivity contribution is 7.10. The fourth-order valence-corrected chi connectivity index (χ4v) is 3.74. The lowest BCUT2D eigenvalue weighted by molar-refractivity contribution is 0.733. The lowest BCUT2D eigenvalue weighted by atomic mass is 10.1. The number of hydrogen-bond donors (Lipinski definition) is 1. The van der Waals surface area contributed by atoms with Gasteiger partial charge in [-0.3, -0.25) is 10.4 Å². The molecule has 1 aromatic heterocycles. The molecule has 0 fully saturated rings. The number of thiophene rings is 1. The number of nitrogens with one attached hydrogen (secondary N) is 1. The average molecular weight is 339 g/mol. The summed E-state index contributed by atoms with van der Waals surface area (Å²) < 4.78 is 0. The zero-order valence-electron chi connectivity index (χ0n) is 12.3. The SMILES string of the molecule is Clc1cccc(C2=CC(c3cccs3)N(c3ccccc3)N2)c1. The molecule has 2 aromatic carbocycles. The van der Waals surface area contributed by atoms with Crippen molar-refractivity contribution in [3.05, 3.63) is 93.6 Å². The molecule has 23 heavy (non-hydrogen) atoms. The van der Waals surface area contributed by atoms with E-state index in [4.69, 9.17) is 11.6 Å². The van der Waals surface area contributed by atoms with Gasteiger partial charge in [-0.25, -0.2) is 0 Å². The van der Waals surface area contributed by atoms with Gasteiger partial charge in [0.1, 0.15) is 6.04 Å². The second-order valence-corrected chi connectivity index (χ2v) is 6.78. The van der Waals surface area contributed by atoms with Gasteiger partial charge in [-0.05, 0) is 41.8 Å². The summed E-state index contributed by atoms with van der Waals surface area (Å²) >= 11 is 7.91. The Kier molecular flexibility index (Phi) is 3.82. The maximum atomic E-state index is 6.15. The van der Waals surface area contributed by atoms with E-state index in [2.05, 4.69) is 64.4 Å². The van der Waals surface area contributed by atoms with Gasteiger partial charge in [-0.2, -0.15) is 0 Å². The van der Waals surface area contributed by atoms with Gasteiger partial charge in [0, 0.05) is 15.5 Å². The summed E-state index contributed by atoms with van der Waals surface area (Å²) in [5.74, 6) is 0. The van der Waals surface area contributed by atoms with Gasteiger partial charge in [0.25, 0.3) is 0 Å². The zero-order valence-corrected chi connectivity index (χ0v) is 13.9. The minimum atomic E-state index is 0.173. The van der Waals surface area contributed by atoms with Gasteiger partial charge in [-0.1, -0.05) is 48.0 Å². The zero-order chi connectivity index (χ0) is 15.6. The normalized spacial score (nSPS) is 17.0. The Hall–Kier alpha value is -2.23. The van der Waals surface area contributed by atoms with E-state index in [-0.39, 0.29) is 6.04 Å². The molecule has 4 heteroatoms. The highest BCUT2D eigenvalue weighted by atomic mass is 35.5. The van der Waals surface area contributed by atoms with Gasteiger partial charge in [-0.15, -0.1) is 11.3 Å². The molecule has 0 bridgehead atoms. The molecular formula is C19H15ClN2S. The quantitative estimate of drug-likeness (QED) is 0.677. The number of halogens is 1. The van der Waals surface area contributed by atoms with Crippen LogP contribution in [-0.2, 0) is 0 Å². The summed E-state index contributed by atoms with van der Waals surface area (Å²) in [4.78, 5) is 1.30. The highest BCUT2D eigenvalue weighted by Crippen LogP contribution is 2.36. The van der Waals surface area contributed by atoms with E-state index >= 15 is 0 Å². The molecule has 2 nitrogen and oxygen atoms in total. The number of hydrogen-bond acceptors (Lipinski definition) is 3. The molecule has 0 radical (unpaired) electrons. The molecule has 0 spiro atoms. The largest absolute Gasteiger partial charge is 0.297 e. The van der Waals surface area contributed by atoms with Crippen LogP contribution in [0.1, 0.15) is 16.5 Å². The van der Waals surface area contributed by atoms with Crippen LogP contribution in [0.15, 0.2) is 78.2 Å². The van der Waals surface area contributed by atoms with Crippen LogP contribution < -0.4 is 10.4 Å². The van der Waals surface area contributed by atoms with E-state index in [9.17, 15) is 0 Å². The Bertz CT molecular complexity index is 828. The van der Waals surface area contributed by atoms with Crippen molar-refractivity contribution >= 4 is 34.3 Å². The third-order valence-electron chi connectivity index (χ3n) is 3.85. The van der Waals surface area contributed by atoms with E-state index < -0.39 is 0 Å². The molecule has 0 saturated carbocycles. The molecule has 0 amide bonds. The Morgan fingerprint density at radius 2 is 1.83 bits per heavy atom. The van der Waals surface area contributed by atoms with Gasteiger partial charge in [0.05, 0.1) is 11.4 Å². The molecule has 1 aliphatic rings. The van der Waals surface area contributed by atoms with Crippen LogP contribution in [0.5, 0.6) is 0 Å². The minimum Gasteiger partial charge on any atom is -0.297 e. The maximum Gasteiger partial charge on any atom is 0.105 e. The predicted octanol–water partition coefficient (Wildman–Crippen LogP) is 5.51. The Morgan fingerprint density at radius 3 is 2.57 bits per heavy atom. The fraction of sp³-hybridized carbons (Fsp3) is 0.0526. The lowest BCUT2D eigenvalue weighted by Gasteiger charge is -2.26. The molecule has 1 unspecified atom stereocenters. The molecule has 0 saturated heterocycles. The van der Waals surface area contributed by atoms with Crippen LogP contribution >= 0.6 is 22.9 Å². The van der Waals surface area contributed by atoms with Gasteiger partial charge >= 0.3 is 0 Å². The van der Waals surface area contributed by atoms with Crippen molar-refractivity contribution in [1.29, 1.82) is 0 Å². The first-order valence-electron chi connectivity index (χ1n) is 7.43. The van der Waals surface area contributed by atoms with Crippen LogP contribution in [0, 0.1) is 0 Å². The van der Waals surface area contributed by atoms with E-state index in [0.717, 1.165) is 22.0 Å². The number of nitrogens with zero attached hydrogens (tertiary/aromatic N) is 1. The molecule has 2 heterocycles. The third-order valence-corrected chi connectivity index (χ3v) is 5.03. The molecule has 1 atom stereocenters. The van der Waals surface area contributed by atoms with Crippen LogP contribution in [0.4, 0.5) is 5.69 Å². The first-order valence-corrected chi connectivity index (χ1v) is 8.69. The van der Waals surface area contributed by atoms with E-state index in [1.807, 2.05) is 24.3 Å². The smallest absolute Gasteiger partial charge is 0.105 e. The summed E-state index contributed by atoms with van der Waals surface area (Å²) in [5.41, 5.74) is 6.84. The molecule has 4 rings (SSSR count). The van der Waals surface area contributed by atoms with Crippen LogP contribution in [0.3, 0.4) is 0 Å². The summed E-state index contributed by atoms with van der Waals surface area (Å²) in [5, 5.41) is 5.06. The number of hydrazine groups is 1. The van der Waals surface area contributed by atoms with Gasteiger partial charge < -0.3 is 0 Å². The number of benzene rings is 2. The van der Waals surface area contributed by atoms with Crippen molar-refractivity contribution < 1.29 is 0 Å². The summed E-state index contributed by atoms with van der Waals surface area (Å²) in [6.07, 6.45) is 2.25. The first-order chi connectivity index (χ1) is 11.3. The number of rotatable bonds is 3. The Morgan fingerprint density at radius 1 is 0.957 bits per heavy atom. The molecule has 114 valence electrons. The van der Waals surface area contributed by atoms with E-state index in [0.29, 0.717) is 0 Å². The number of anilines is 1. The Balaban J connectivity index is 1.74. The summed E-state index contributed by atoms with van der Waals surface area (Å²) in [6.45, 7) is 0. The van der Waals surface area contributed by atoms with Gasteiger partial charge in [0.2, 0.25) is 0 Å². The van der Waals surface area contributed by atoms with Crippen molar-refractivity contribution in [2.75, 3.05) is 5.01 Å². The Labute approximate surface area is 144 Å². The van der Waals surface area contributed by atoms with Crippen LogP contribution in [0.25, 0.3) is 5.70 Å². The van der Waals surface area contributed by atoms with E-state index in [1.165, 1.54) is 4.88 Å². The highest BCUT2D eigenvalue weighted by Gasteiger charge is 2.27. The molecule has 0 aliphatic carbocycles. The topological polar surface area (TPSA) is 15.3 Å². The number of para-hydroxylation sites is 1. The van der Waals surface area contributed by atoms with Gasteiger partial charge in [0.15, 0.2) is 0 Å².